The Morgan fingerprint density at radius 3 is 2.27 bits per heavy atom. The maximum absolute atomic E-state index is 14.2. The lowest BCUT2D eigenvalue weighted by atomic mass is 10.0. The molecule has 0 saturated heterocycles. The average molecular weight is 619 g/mol. The Balaban J connectivity index is 2.08. The van der Waals surface area contributed by atoms with Crippen LogP contribution in [-0.4, -0.2) is 50.5 Å². The van der Waals surface area contributed by atoms with Gasteiger partial charge in [0.1, 0.15) is 12.6 Å². The largest absolute Gasteiger partial charge is 0.354 e. The van der Waals surface area contributed by atoms with Crippen LogP contribution in [0.2, 0.25) is 10.0 Å². The van der Waals surface area contributed by atoms with E-state index in [4.69, 9.17) is 23.2 Å². The molecule has 2 amide bonds. The third-order valence-electron chi connectivity index (χ3n) is 6.96. The number of anilines is 1. The number of amides is 2. The zero-order chi connectivity index (χ0) is 30.2. The molecule has 3 aromatic rings. The molecule has 0 aliphatic heterocycles. The van der Waals surface area contributed by atoms with Crippen LogP contribution in [0.25, 0.3) is 0 Å². The van der Waals surface area contributed by atoms with Crippen molar-refractivity contribution in [2.45, 2.75) is 52.6 Å². The summed E-state index contributed by atoms with van der Waals surface area (Å²) in [4.78, 5) is 29.3. The normalized spacial score (nSPS) is 12.0. The Morgan fingerprint density at radius 2 is 1.63 bits per heavy atom. The number of sulfonamides is 1. The van der Waals surface area contributed by atoms with Crippen molar-refractivity contribution >= 4 is 50.7 Å². The predicted molar refractivity (Wildman–Crippen MR) is 167 cm³/mol. The molecule has 1 N–H and O–H groups in total. The van der Waals surface area contributed by atoms with Gasteiger partial charge in [-0.25, -0.2) is 8.42 Å². The lowest BCUT2D eigenvalue weighted by molar-refractivity contribution is -0.140. The molecule has 0 unspecified atom stereocenters. The molecule has 220 valence electrons. The molecule has 0 bridgehead atoms. The van der Waals surface area contributed by atoms with Gasteiger partial charge in [0.25, 0.3) is 0 Å². The summed E-state index contributed by atoms with van der Waals surface area (Å²) in [6, 6.07) is 18.9. The van der Waals surface area contributed by atoms with Crippen molar-refractivity contribution in [3.05, 3.63) is 99.0 Å². The molecule has 0 heterocycles. The second-order valence-electron chi connectivity index (χ2n) is 10.1. The van der Waals surface area contributed by atoms with E-state index in [1.807, 2.05) is 57.2 Å². The van der Waals surface area contributed by atoms with E-state index >= 15 is 0 Å². The molecule has 0 fully saturated rings. The minimum absolute atomic E-state index is 0.0266. The van der Waals surface area contributed by atoms with Gasteiger partial charge in [0, 0.05) is 19.5 Å². The van der Waals surface area contributed by atoms with Crippen LogP contribution in [0.3, 0.4) is 0 Å². The number of nitrogens with one attached hydrogen (secondary N) is 1. The number of hydrogen-bond donors (Lipinski definition) is 1. The number of halogens is 2. The molecule has 0 saturated carbocycles. The third kappa shape index (κ3) is 8.96. The Labute approximate surface area is 253 Å². The number of carbonyl (C=O) groups is 2. The van der Waals surface area contributed by atoms with Crippen molar-refractivity contribution < 1.29 is 18.0 Å². The molecule has 0 spiro atoms. The average Bonchev–Trinajstić information content (AvgIpc) is 2.93. The molecule has 3 aromatic carbocycles. The van der Waals surface area contributed by atoms with Gasteiger partial charge in [-0.15, -0.1) is 0 Å². The topological polar surface area (TPSA) is 86.8 Å². The maximum atomic E-state index is 14.2. The molecule has 3 rings (SSSR count). The van der Waals surface area contributed by atoms with Crippen LogP contribution < -0.4 is 9.62 Å². The summed E-state index contributed by atoms with van der Waals surface area (Å²) in [7, 11) is -3.85. The SMILES string of the molecule is CCCCNC(=O)[C@@H](Cc1ccccc1)N(Cc1ccc(Cl)c(Cl)c1)C(=O)CN(c1cccc(C)c1C)S(C)(=O)=O. The smallest absolute Gasteiger partial charge is 0.244 e. The van der Waals surface area contributed by atoms with Gasteiger partial charge in [-0.05, 0) is 60.7 Å². The van der Waals surface area contributed by atoms with Crippen molar-refractivity contribution in [3.8, 4) is 0 Å². The highest BCUT2D eigenvalue weighted by Crippen LogP contribution is 2.27. The molecule has 0 aliphatic rings. The maximum Gasteiger partial charge on any atom is 0.244 e. The van der Waals surface area contributed by atoms with Gasteiger partial charge >= 0.3 is 0 Å². The molecule has 0 radical (unpaired) electrons. The lowest BCUT2D eigenvalue weighted by Gasteiger charge is -2.34. The summed E-state index contributed by atoms with van der Waals surface area (Å²) in [6.07, 6.45) is 3.01. The fourth-order valence-electron chi connectivity index (χ4n) is 4.50. The van der Waals surface area contributed by atoms with Gasteiger partial charge in [-0.3, -0.25) is 13.9 Å². The van der Waals surface area contributed by atoms with Crippen LogP contribution in [0.4, 0.5) is 5.69 Å². The standard InChI is InChI=1S/C31H37Cl2N3O4S/c1-5-6-17-34-31(38)29(19-24-12-8-7-9-13-24)35(20-25-15-16-26(32)27(33)18-25)30(37)21-36(41(4,39)40)28-14-10-11-22(2)23(28)3/h7-16,18,29H,5-6,17,19-21H2,1-4H3,(H,34,38)/t29-/m1/s1. The van der Waals surface area contributed by atoms with E-state index in [0.717, 1.165) is 40.1 Å². The molecule has 41 heavy (non-hydrogen) atoms. The quantitative estimate of drug-likeness (QED) is 0.241. The van der Waals surface area contributed by atoms with Crippen LogP contribution in [0.5, 0.6) is 0 Å². The molecular formula is C31H37Cl2N3O4S. The number of benzene rings is 3. The van der Waals surface area contributed by atoms with Crippen LogP contribution >= 0.6 is 23.2 Å². The number of hydrogen-bond acceptors (Lipinski definition) is 4. The number of carbonyl (C=O) groups excluding carboxylic acids is 2. The Hall–Kier alpha value is -3.07. The monoisotopic (exact) mass is 617 g/mol. The molecule has 0 aromatic heterocycles. The van der Waals surface area contributed by atoms with E-state index in [1.165, 1.54) is 4.90 Å². The summed E-state index contributed by atoms with van der Waals surface area (Å²) in [6.45, 7) is 5.75. The zero-order valence-electron chi connectivity index (χ0n) is 23.9. The number of aryl methyl sites for hydroxylation is 1. The van der Waals surface area contributed by atoms with Crippen LogP contribution in [0.15, 0.2) is 66.7 Å². The Kier molecular flexibility index (Phi) is 11.6. The summed E-state index contributed by atoms with van der Waals surface area (Å²) in [5.41, 5.74) is 3.59. The van der Waals surface area contributed by atoms with Crippen LogP contribution in [-0.2, 0) is 32.6 Å². The Bertz CT molecular complexity index is 1470. The van der Waals surface area contributed by atoms with E-state index in [0.29, 0.717) is 27.8 Å². The second-order valence-corrected chi connectivity index (χ2v) is 12.8. The van der Waals surface area contributed by atoms with Gasteiger partial charge in [0.05, 0.1) is 22.0 Å². The fourth-order valence-corrected chi connectivity index (χ4v) is 5.72. The minimum atomic E-state index is -3.85. The van der Waals surface area contributed by atoms with Gasteiger partial charge in [0.2, 0.25) is 21.8 Å². The number of unbranched alkanes of at least 4 members (excludes halogenated alkanes) is 1. The number of rotatable bonds is 13. The van der Waals surface area contributed by atoms with Crippen LogP contribution in [0.1, 0.15) is 42.0 Å². The highest BCUT2D eigenvalue weighted by atomic mass is 35.5. The van der Waals surface area contributed by atoms with Crippen molar-refractivity contribution in [1.29, 1.82) is 0 Å². The van der Waals surface area contributed by atoms with E-state index in [9.17, 15) is 18.0 Å². The van der Waals surface area contributed by atoms with Crippen molar-refractivity contribution in [2.75, 3.05) is 23.7 Å². The molecular weight excluding hydrogens is 581 g/mol. The number of nitrogens with zero attached hydrogens (tertiary/aromatic N) is 2. The summed E-state index contributed by atoms with van der Waals surface area (Å²) in [5.74, 6) is -0.831. The van der Waals surface area contributed by atoms with E-state index < -0.39 is 28.5 Å². The lowest BCUT2D eigenvalue weighted by Crippen LogP contribution is -2.53. The second kappa shape index (κ2) is 14.7. The first-order chi connectivity index (χ1) is 19.4. The Morgan fingerprint density at radius 1 is 0.927 bits per heavy atom. The highest BCUT2D eigenvalue weighted by molar-refractivity contribution is 7.92. The molecule has 1 atom stereocenters. The van der Waals surface area contributed by atoms with Gasteiger partial charge in [-0.2, -0.15) is 0 Å². The summed E-state index contributed by atoms with van der Waals surface area (Å²) >= 11 is 12.4. The molecule has 10 heteroatoms. The van der Waals surface area contributed by atoms with Crippen LogP contribution in [0, 0.1) is 13.8 Å². The van der Waals surface area contributed by atoms with E-state index in [2.05, 4.69) is 5.32 Å². The minimum Gasteiger partial charge on any atom is -0.354 e. The third-order valence-corrected chi connectivity index (χ3v) is 8.83. The zero-order valence-corrected chi connectivity index (χ0v) is 26.2. The molecule has 7 nitrogen and oxygen atoms in total. The molecule has 0 aliphatic carbocycles. The first-order valence-electron chi connectivity index (χ1n) is 13.5. The van der Waals surface area contributed by atoms with Gasteiger partial charge < -0.3 is 10.2 Å². The highest BCUT2D eigenvalue weighted by Gasteiger charge is 2.33. The van der Waals surface area contributed by atoms with E-state index in [-0.39, 0.29) is 18.9 Å². The summed E-state index contributed by atoms with van der Waals surface area (Å²) in [5, 5.41) is 3.65. The van der Waals surface area contributed by atoms with Crippen molar-refractivity contribution in [3.63, 3.8) is 0 Å². The van der Waals surface area contributed by atoms with E-state index in [1.54, 1.807) is 30.3 Å². The van der Waals surface area contributed by atoms with Gasteiger partial charge in [-0.1, -0.05) is 85.1 Å². The van der Waals surface area contributed by atoms with Crippen molar-refractivity contribution in [1.82, 2.24) is 10.2 Å². The summed E-state index contributed by atoms with van der Waals surface area (Å²) < 4.78 is 27.1. The fraction of sp³-hybridized carbons (Fsp3) is 0.355. The van der Waals surface area contributed by atoms with Gasteiger partial charge in [0.15, 0.2) is 0 Å². The first kappa shape index (κ1) is 32.4. The van der Waals surface area contributed by atoms with Crippen molar-refractivity contribution in [2.24, 2.45) is 0 Å². The first-order valence-corrected chi connectivity index (χ1v) is 16.1. The predicted octanol–water partition coefficient (Wildman–Crippen LogP) is 5.93.